The van der Waals surface area contributed by atoms with Gasteiger partial charge in [-0.15, -0.1) is 0 Å². The van der Waals surface area contributed by atoms with E-state index in [0.717, 1.165) is 6.54 Å². The fourth-order valence-corrected chi connectivity index (χ4v) is 2.11. The topological polar surface area (TPSA) is 24.4 Å². The first-order valence-corrected chi connectivity index (χ1v) is 4.63. The van der Waals surface area contributed by atoms with Gasteiger partial charge in [0, 0.05) is 18.3 Å². The van der Waals surface area contributed by atoms with Crippen LogP contribution in [0.2, 0.25) is 0 Å². The highest BCUT2D eigenvalue weighted by atomic mass is 15.0. The van der Waals surface area contributed by atoms with Gasteiger partial charge >= 0.3 is 0 Å². The van der Waals surface area contributed by atoms with Crippen LogP contribution in [0.5, 0.6) is 0 Å². The van der Waals surface area contributed by atoms with Gasteiger partial charge in [-0.1, -0.05) is 12.8 Å². The lowest BCUT2D eigenvalue weighted by atomic mass is 9.89. The fraction of sp³-hybridized carbons (Fsp3) is 0.889. The third-order valence-corrected chi connectivity index (χ3v) is 2.74. The van der Waals surface area contributed by atoms with E-state index in [1.54, 1.807) is 0 Å². The number of hydrogen-bond donors (Lipinski definition) is 1. The quantitative estimate of drug-likeness (QED) is 0.557. The SMILES string of the molecule is CC1=NC2CCCCC2NC1. The van der Waals surface area contributed by atoms with Crippen LogP contribution >= 0.6 is 0 Å². The second kappa shape index (κ2) is 2.94. The van der Waals surface area contributed by atoms with Crippen LogP contribution in [0.25, 0.3) is 0 Å². The maximum absolute atomic E-state index is 4.66. The molecule has 0 bridgehead atoms. The van der Waals surface area contributed by atoms with Gasteiger partial charge in [-0.3, -0.25) is 4.99 Å². The molecule has 0 radical (unpaired) electrons. The van der Waals surface area contributed by atoms with Gasteiger partial charge in [0.1, 0.15) is 0 Å². The largest absolute Gasteiger partial charge is 0.307 e. The maximum Gasteiger partial charge on any atom is 0.0652 e. The molecule has 0 aromatic heterocycles. The second-order valence-electron chi connectivity index (χ2n) is 3.70. The molecule has 1 saturated carbocycles. The molecule has 0 saturated heterocycles. The molecule has 2 atom stereocenters. The van der Waals surface area contributed by atoms with E-state index in [9.17, 15) is 0 Å². The summed E-state index contributed by atoms with van der Waals surface area (Å²) in [7, 11) is 0. The van der Waals surface area contributed by atoms with Crippen molar-refractivity contribution in [1.29, 1.82) is 0 Å². The summed E-state index contributed by atoms with van der Waals surface area (Å²) in [6.45, 7) is 3.14. The van der Waals surface area contributed by atoms with E-state index in [1.807, 2.05) is 0 Å². The molecular weight excluding hydrogens is 136 g/mol. The first-order valence-electron chi connectivity index (χ1n) is 4.63. The number of aliphatic imine (C=N–C) groups is 1. The summed E-state index contributed by atoms with van der Waals surface area (Å²) in [5.41, 5.74) is 1.29. The van der Waals surface area contributed by atoms with Gasteiger partial charge in [0.25, 0.3) is 0 Å². The van der Waals surface area contributed by atoms with E-state index in [1.165, 1.54) is 31.4 Å². The molecule has 2 heteroatoms. The molecule has 0 aromatic rings. The molecule has 0 aromatic carbocycles. The second-order valence-corrected chi connectivity index (χ2v) is 3.70. The normalized spacial score (nSPS) is 37.7. The van der Waals surface area contributed by atoms with E-state index in [0.29, 0.717) is 12.1 Å². The summed E-state index contributed by atoms with van der Waals surface area (Å²) in [6.07, 6.45) is 5.40. The van der Waals surface area contributed by atoms with Crippen molar-refractivity contribution in [3.8, 4) is 0 Å². The molecule has 1 N–H and O–H groups in total. The van der Waals surface area contributed by atoms with E-state index in [-0.39, 0.29) is 0 Å². The molecule has 1 heterocycles. The van der Waals surface area contributed by atoms with Gasteiger partial charge in [0.15, 0.2) is 0 Å². The van der Waals surface area contributed by atoms with Crippen LogP contribution in [0.4, 0.5) is 0 Å². The third kappa shape index (κ3) is 1.45. The van der Waals surface area contributed by atoms with Crippen LogP contribution in [0.1, 0.15) is 32.6 Å². The van der Waals surface area contributed by atoms with Gasteiger partial charge in [0.2, 0.25) is 0 Å². The van der Waals surface area contributed by atoms with Crippen molar-refractivity contribution in [2.45, 2.75) is 44.7 Å². The smallest absolute Gasteiger partial charge is 0.0652 e. The summed E-state index contributed by atoms with van der Waals surface area (Å²) < 4.78 is 0. The Labute approximate surface area is 68.1 Å². The zero-order valence-corrected chi connectivity index (χ0v) is 7.14. The lowest BCUT2D eigenvalue weighted by Gasteiger charge is -2.33. The number of rotatable bonds is 0. The van der Waals surface area contributed by atoms with Crippen molar-refractivity contribution in [3.05, 3.63) is 0 Å². The molecule has 1 aliphatic heterocycles. The molecular formula is C9H16N2. The average Bonchev–Trinajstić information content (AvgIpc) is 2.04. The molecule has 11 heavy (non-hydrogen) atoms. The van der Waals surface area contributed by atoms with Crippen molar-refractivity contribution in [2.24, 2.45) is 4.99 Å². The van der Waals surface area contributed by atoms with Gasteiger partial charge < -0.3 is 5.32 Å². The monoisotopic (exact) mass is 152 g/mol. The summed E-state index contributed by atoms with van der Waals surface area (Å²) in [5.74, 6) is 0. The molecule has 0 spiro atoms. The fourth-order valence-electron chi connectivity index (χ4n) is 2.11. The maximum atomic E-state index is 4.66. The molecule has 0 amide bonds. The van der Waals surface area contributed by atoms with Gasteiger partial charge in [0.05, 0.1) is 6.04 Å². The Morgan fingerprint density at radius 3 is 3.09 bits per heavy atom. The zero-order valence-electron chi connectivity index (χ0n) is 7.14. The Morgan fingerprint density at radius 2 is 2.18 bits per heavy atom. The Hall–Kier alpha value is -0.370. The van der Waals surface area contributed by atoms with Crippen LogP contribution < -0.4 is 5.32 Å². The molecule has 1 aliphatic carbocycles. The Kier molecular flexibility index (Phi) is 1.95. The number of fused-ring (bicyclic) bond motifs is 1. The lowest BCUT2D eigenvalue weighted by Crippen LogP contribution is -2.47. The van der Waals surface area contributed by atoms with Gasteiger partial charge in [-0.25, -0.2) is 0 Å². The highest BCUT2D eigenvalue weighted by molar-refractivity contribution is 5.84. The van der Waals surface area contributed by atoms with Gasteiger partial charge in [-0.05, 0) is 19.8 Å². The Morgan fingerprint density at radius 1 is 1.36 bits per heavy atom. The summed E-state index contributed by atoms with van der Waals surface area (Å²) in [4.78, 5) is 4.66. The van der Waals surface area contributed by atoms with Crippen molar-refractivity contribution in [1.82, 2.24) is 5.32 Å². The minimum atomic E-state index is 0.609. The molecule has 2 rings (SSSR count). The highest BCUT2D eigenvalue weighted by Crippen LogP contribution is 2.22. The number of nitrogens with zero attached hydrogens (tertiary/aromatic N) is 1. The van der Waals surface area contributed by atoms with Crippen LogP contribution in [-0.4, -0.2) is 24.3 Å². The Bertz CT molecular complexity index is 174. The average molecular weight is 152 g/mol. The van der Waals surface area contributed by atoms with E-state index >= 15 is 0 Å². The first kappa shape index (κ1) is 7.29. The summed E-state index contributed by atoms with van der Waals surface area (Å²) in [5, 5.41) is 3.54. The third-order valence-electron chi connectivity index (χ3n) is 2.74. The molecule has 2 aliphatic rings. The predicted octanol–water partition coefficient (Wildman–Crippen LogP) is 1.36. The standard InChI is InChI=1S/C9H16N2/c1-7-6-10-8-4-2-3-5-9(8)11-7/h8-10H,2-6H2,1H3. The first-order chi connectivity index (χ1) is 5.36. The van der Waals surface area contributed by atoms with Crippen LogP contribution in [0, 0.1) is 0 Å². The van der Waals surface area contributed by atoms with Crippen molar-refractivity contribution in [2.75, 3.05) is 6.54 Å². The lowest BCUT2D eigenvalue weighted by molar-refractivity contribution is 0.329. The molecule has 1 fully saturated rings. The minimum Gasteiger partial charge on any atom is -0.307 e. The molecule has 2 nitrogen and oxygen atoms in total. The van der Waals surface area contributed by atoms with Crippen molar-refractivity contribution >= 4 is 5.71 Å². The summed E-state index contributed by atoms with van der Waals surface area (Å²) >= 11 is 0. The van der Waals surface area contributed by atoms with E-state index in [4.69, 9.17) is 0 Å². The van der Waals surface area contributed by atoms with Crippen LogP contribution in [-0.2, 0) is 0 Å². The van der Waals surface area contributed by atoms with Crippen LogP contribution in [0.15, 0.2) is 4.99 Å². The summed E-state index contributed by atoms with van der Waals surface area (Å²) in [6, 6.07) is 1.31. The highest BCUT2D eigenvalue weighted by Gasteiger charge is 2.26. The predicted molar refractivity (Wildman–Crippen MR) is 47.2 cm³/mol. The number of hydrogen-bond acceptors (Lipinski definition) is 2. The van der Waals surface area contributed by atoms with E-state index < -0.39 is 0 Å². The number of nitrogens with one attached hydrogen (secondary N) is 1. The molecule has 2 unspecified atom stereocenters. The molecule has 62 valence electrons. The van der Waals surface area contributed by atoms with Crippen molar-refractivity contribution in [3.63, 3.8) is 0 Å². The Balaban J connectivity index is 2.07. The van der Waals surface area contributed by atoms with Crippen molar-refractivity contribution < 1.29 is 0 Å². The van der Waals surface area contributed by atoms with E-state index in [2.05, 4.69) is 17.2 Å². The zero-order chi connectivity index (χ0) is 7.68. The minimum absolute atomic E-state index is 0.609. The van der Waals surface area contributed by atoms with Gasteiger partial charge in [-0.2, -0.15) is 0 Å². The van der Waals surface area contributed by atoms with Crippen LogP contribution in [0.3, 0.4) is 0 Å².